The Morgan fingerprint density at radius 1 is 1.12 bits per heavy atom. The Kier molecular flexibility index (Phi) is 5.47. The summed E-state index contributed by atoms with van der Waals surface area (Å²) < 4.78 is 52.8. The predicted molar refractivity (Wildman–Crippen MR) is 87.8 cm³/mol. The van der Waals surface area contributed by atoms with E-state index in [1.54, 1.807) is 0 Å². The van der Waals surface area contributed by atoms with Crippen molar-refractivity contribution in [3.63, 3.8) is 0 Å². The van der Waals surface area contributed by atoms with Crippen molar-refractivity contribution in [3.05, 3.63) is 59.1 Å². The van der Waals surface area contributed by atoms with Gasteiger partial charge >= 0.3 is 0 Å². The minimum absolute atomic E-state index is 0.0489. The molecule has 0 amide bonds. The molecule has 0 radical (unpaired) electrons. The molecular formula is C15H11Cl2F2NO3S. The number of hydrogen-bond donors (Lipinski definition) is 0. The minimum Gasteiger partial charge on any atom is -0.279 e. The number of anilines is 1. The molecule has 128 valence electrons. The summed E-state index contributed by atoms with van der Waals surface area (Å²) in [5, 5.41) is -1.26. The van der Waals surface area contributed by atoms with Crippen LogP contribution in [0.5, 0.6) is 0 Å². The molecule has 2 aromatic rings. The second-order valence-electron chi connectivity index (χ2n) is 4.83. The highest BCUT2D eigenvalue weighted by Gasteiger charge is 2.33. The van der Waals surface area contributed by atoms with Crippen molar-refractivity contribution in [2.75, 3.05) is 4.31 Å². The first-order valence-electron chi connectivity index (χ1n) is 6.59. The molecule has 2 rings (SSSR count). The van der Waals surface area contributed by atoms with E-state index in [4.69, 9.17) is 23.2 Å². The van der Waals surface area contributed by atoms with Crippen molar-refractivity contribution in [2.45, 2.75) is 17.9 Å². The van der Waals surface area contributed by atoms with Crippen LogP contribution in [0.25, 0.3) is 0 Å². The van der Waals surface area contributed by atoms with Crippen LogP contribution in [0.4, 0.5) is 14.5 Å². The zero-order valence-corrected chi connectivity index (χ0v) is 14.5. The summed E-state index contributed by atoms with van der Waals surface area (Å²) in [6, 6.07) is 5.93. The number of nitrogens with zero attached hydrogens (tertiary/aromatic N) is 1. The largest absolute Gasteiger partial charge is 0.279 e. The molecular weight excluding hydrogens is 383 g/mol. The van der Waals surface area contributed by atoms with Gasteiger partial charge in [0.1, 0.15) is 17.7 Å². The zero-order chi connectivity index (χ0) is 18.1. The molecule has 1 atom stereocenters. The lowest BCUT2D eigenvalue weighted by atomic mass is 10.2. The van der Waals surface area contributed by atoms with Gasteiger partial charge in [0.2, 0.25) is 5.24 Å². The molecule has 0 saturated heterocycles. The second kappa shape index (κ2) is 7.04. The van der Waals surface area contributed by atoms with E-state index >= 15 is 0 Å². The maximum Gasteiger partial charge on any atom is 0.265 e. The van der Waals surface area contributed by atoms with Crippen molar-refractivity contribution < 1.29 is 22.0 Å². The van der Waals surface area contributed by atoms with Crippen molar-refractivity contribution in [1.29, 1.82) is 0 Å². The van der Waals surface area contributed by atoms with E-state index < -0.39 is 32.9 Å². The standard InChI is InChI=1S/C15H11Cl2F2NO3S/c1-9(15(17)21)20(11-4-7-14(19)13(16)8-11)24(22,23)12-5-2-10(18)3-6-12/h2-9H,1H3. The fraction of sp³-hybridized carbons (Fsp3) is 0.133. The number of carbonyl (C=O) groups is 1. The van der Waals surface area contributed by atoms with Crippen LogP contribution in [0.1, 0.15) is 6.92 Å². The third kappa shape index (κ3) is 3.68. The van der Waals surface area contributed by atoms with Crippen LogP contribution < -0.4 is 4.31 Å². The van der Waals surface area contributed by atoms with Crippen molar-refractivity contribution in [3.8, 4) is 0 Å². The van der Waals surface area contributed by atoms with E-state index in [2.05, 4.69) is 0 Å². The molecule has 0 aliphatic carbocycles. The van der Waals surface area contributed by atoms with Crippen molar-refractivity contribution in [1.82, 2.24) is 0 Å². The van der Waals surface area contributed by atoms with Gasteiger partial charge in [-0.25, -0.2) is 17.2 Å². The highest BCUT2D eigenvalue weighted by Crippen LogP contribution is 2.30. The maximum absolute atomic E-state index is 13.4. The van der Waals surface area contributed by atoms with E-state index in [-0.39, 0.29) is 15.6 Å². The van der Waals surface area contributed by atoms with Crippen LogP contribution in [0.2, 0.25) is 5.02 Å². The summed E-state index contributed by atoms with van der Waals surface area (Å²) in [4.78, 5) is 11.3. The molecule has 1 unspecified atom stereocenters. The first-order chi connectivity index (χ1) is 11.1. The maximum atomic E-state index is 13.4. The van der Waals surface area contributed by atoms with Crippen LogP contribution >= 0.6 is 23.2 Å². The van der Waals surface area contributed by atoms with Gasteiger partial charge in [-0.3, -0.25) is 9.10 Å². The van der Waals surface area contributed by atoms with Crippen LogP contribution in [0.15, 0.2) is 47.4 Å². The molecule has 4 nitrogen and oxygen atoms in total. The number of halogens is 4. The predicted octanol–water partition coefficient (Wildman–Crippen LogP) is 3.97. The van der Waals surface area contributed by atoms with E-state index in [0.29, 0.717) is 4.31 Å². The smallest absolute Gasteiger partial charge is 0.265 e. The van der Waals surface area contributed by atoms with Crippen LogP contribution in [0, 0.1) is 11.6 Å². The highest BCUT2D eigenvalue weighted by molar-refractivity contribution is 7.93. The normalized spacial score (nSPS) is 12.7. The number of benzene rings is 2. The number of rotatable bonds is 5. The van der Waals surface area contributed by atoms with Gasteiger partial charge in [-0.05, 0) is 61.0 Å². The molecule has 0 bridgehead atoms. The average molecular weight is 394 g/mol. The number of carbonyl (C=O) groups excluding carboxylic acids is 1. The molecule has 0 fully saturated rings. The fourth-order valence-electron chi connectivity index (χ4n) is 2.00. The Hall–Kier alpha value is -1.70. The van der Waals surface area contributed by atoms with Gasteiger partial charge in [-0.2, -0.15) is 0 Å². The topological polar surface area (TPSA) is 54.5 Å². The lowest BCUT2D eigenvalue weighted by Crippen LogP contribution is -2.42. The Balaban J connectivity index is 2.63. The lowest BCUT2D eigenvalue weighted by molar-refractivity contribution is -0.112. The van der Waals surface area contributed by atoms with Crippen LogP contribution in [-0.4, -0.2) is 19.7 Å². The Morgan fingerprint density at radius 3 is 2.21 bits per heavy atom. The molecule has 24 heavy (non-hydrogen) atoms. The number of sulfonamides is 1. The summed E-state index contributed by atoms with van der Waals surface area (Å²) in [6.45, 7) is 1.27. The summed E-state index contributed by atoms with van der Waals surface area (Å²) in [7, 11) is -4.26. The third-order valence-corrected chi connectivity index (χ3v) is 5.73. The minimum atomic E-state index is -4.26. The Bertz CT molecular complexity index is 873. The van der Waals surface area contributed by atoms with Gasteiger partial charge < -0.3 is 0 Å². The van der Waals surface area contributed by atoms with Gasteiger partial charge in [-0.1, -0.05) is 11.6 Å². The summed E-state index contributed by atoms with van der Waals surface area (Å²) in [6.07, 6.45) is 0. The highest BCUT2D eigenvalue weighted by atomic mass is 35.5. The molecule has 0 aliphatic heterocycles. The van der Waals surface area contributed by atoms with Gasteiger partial charge in [0, 0.05) is 0 Å². The first kappa shape index (κ1) is 18.6. The average Bonchev–Trinajstić information content (AvgIpc) is 2.51. The monoisotopic (exact) mass is 393 g/mol. The quantitative estimate of drug-likeness (QED) is 0.722. The molecule has 0 spiro atoms. The van der Waals surface area contributed by atoms with Gasteiger partial charge in [0.15, 0.2) is 0 Å². The fourth-order valence-corrected chi connectivity index (χ4v) is 3.95. The van der Waals surface area contributed by atoms with E-state index in [1.807, 2.05) is 0 Å². The zero-order valence-electron chi connectivity index (χ0n) is 12.2. The first-order valence-corrected chi connectivity index (χ1v) is 8.78. The molecule has 0 heterocycles. The van der Waals surface area contributed by atoms with Gasteiger partial charge in [0.25, 0.3) is 10.0 Å². The third-order valence-electron chi connectivity index (χ3n) is 3.21. The Labute approximate surface area is 147 Å². The van der Waals surface area contributed by atoms with E-state index in [9.17, 15) is 22.0 Å². The van der Waals surface area contributed by atoms with E-state index in [0.717, 1.165) is 42.5 Å². The lowest BCUT2D eigenvalue weighted by Gasteiger charge is -2.28. The SMILES string of the molecule is CC(C(=O)Cl)N(c1ccc(F)c(Cl)c1)S(=O)(=O)c1ccc(F)cc1. The summed E-state index contributed by atoms with van der Waals surface area (Å²) in [5.41, 5.74) is -0.0489. The van der Waals surface area contributed by atoms with Crippen LogP contribution in [-0.2, 0) is 14.8 Å². The number of hydrogen-bond acceptors (Lipinski definition) is 3. The molecule has 0 N–H and O–H groups in total. The molecule has 9 heteroatoms. The summed E-state index contributed by atoms with van der Waals surface area (Å²) in [5.74, 6) is -1.36. The van der Waals surface area contributed by atoms with Crippen molar-refractivity contribution >= 4 is 44.2 Å². The summed E-state index contributed by atoms with van der Waals surface area (Å²) >= 11 is 11.1. The van der Waals surface area contributed by atoms with Crippen LogP contribution in [0.3, 0.4) is 0 Å². The molecule has 0 aromatic heterocycles. The molecule has 2 aromatic carbocycles. The Morgan fingerprint density at radius 2 is 1.71 bits per heavy atom. The molecule has 0 aliphatic rings. The van der Waals surface area contributed by atoms with Crippen molar-refractivity contribution in [2.24, 2.45) is 0 Å². The van der Waals surface area contributed by atoms with Gasteiger partial charge in [0.05, 0.1) is 15.6 Å². The van der Waals surface area contributed by atoms with E-state index in [1.165, 1.54) is 6.92 Å². The molecule has 0 saturated carbocycles. The second-order valence-corrected chi connectivity index (χ2v) is 7.43. The van der Waals surface area contributed by atoms with Gasteiger partial charge in [-0.15, -0.1) is 0 Å².